The number of nitrogens with two attached hydrogens (primary N) is 1. The predicted molar refractivity (Wildman–Crippen MR) is 107 cm³/mol. The van der Waals surface area contributed by atoms with Gasteiger partial charge in [0.15, 0.2) is 22.8 Å². The second-order valence-corrected chi connectivity index (χ2v) is 7.71. The molecule has 0 saturated carbocycles. The van der Waals surface area contributed by atoms with Gasteiger partial charge in [0.25, 0.3) is 0 Å². The molecule has 0 spiro atoms. The normalized spacial score (nSPS) is 19.0. The zero-order chi connectivity index (χ0) is 19.3. The summed E-state index contributed by atoms with van der Waals surface area (Å²) >= 11 is 0. The molecule has 0 atom stereocenters. The maximum atomic E-state index is 5.96. The number of hydrogen-bond donors (Lipinski definition) is 1. The average molecular weight is 380 g/mol. The lowest BCUT2D eigenvalue weighted by Crippen LogP contribution is -2.37. The first-order valence-electron chi connectivity index (χ1n) is 9.64. The Labute approximate surface area is 163 Å². The van der Waals surface area contributed by atoms with Gasteiger partial charge >= 0.3 is 0 Å². The number of fused-ring (bicyclic) bond motifs is 3. The minimum atomic E-state index is -0.456. The molecule has 4 heterocycles. The van der Waals surface area contributed by atoms with E-state index < -0.39 is 5.60 Å². The van der Waals surface area contributed by atoms with Crippen LogP contribution in [0.25, 0.3) is 22.6 Å². The van der Waals surface area contributed by atoms with Gasteiger partial charge in [0.2, 0.25) is 0 Å². The molecule has 1 saturated heterocycles. The van der Waals surface area contributed by atoms with Crippen molar-refractivity contribution in [3.8, 4) is 11.4 Å². The van der Waals surface area contributed by atoms with Crippen molar-refractivity contribution in [1.82, 2.24) is 19.5 Å². The maximum absolute atomic E-state index is 5.96. The monoisotopic (exact) mass is 380 g/mol. The quantitative estimate of drug-likeness (QED) is 0.681. The summed E-state index contributed by atoms with van der Waals surface area (Å²) in [5, 5.41) is 0. The molecule has 1 fully saturated rings. The van der Waals surface area contributed by atoms with Crippen LogP contribution in [0.5, 0.6) is 0 Å². The molecule has 1 aromatic carbocycles. The molecule has 2 aromatic heterocycles. The number of rotatable bonds is 2. The van der Waals surface area contributed by atoms with E-state index >= 15 is 0 Å². The van der Waals surface area contributed by atoms with Crippen molar-refractivity contribution >= 4 is 22.7 Å². The van der Waals surface area contributed by atoms with Gasteiger partial charge in [0, 0.05) is 30.9 Å². The Balaban J connectivity index is 1.75. The van der Waals surface area contributed by atoms with E-state index in [0.717, 1.165) is 53.7 Å². The van der Waals surface area contributed by atoms with E-state index in [9.17, 15) is 0 Å². The predicted octanol–water partition coefficient (Wildman–Crippen LogP) is 2.18. The summed E-state index contributed by atoms with van der Waals surface area (Å²) in [7, 11) is 0. The lowest BCUT2D eigenvalue weighted by Gasteiger charge is -2.30. The van der Waals surface area contributed by atoms with E-state index in [1.165, 1.54) is 0 Å². The average Bonchev–Trinajstić information content (AvgIpc) is 3.09. The van der Waals surface area contributed by atoms with Gasteiger partial charge in [-0.15, -0.1) is 0 Å². The fourth-order valence-electron chi connectivity index (χ4n) is 3.87. The van der Waals surface area contributed by atoms with Gasteiger partial charge in [-0.3, -0.25) is 0 Å². The molecule has 0 bridgehead atoms. The molecule has 0 amide bonds. The molecule has 2 aliphatic heterocycles. The van der Waals surface area contributed by atoms with Crippen molar-refractivity contribution in [1.29, 1.82) is 0 Å². The number of anilines is 2. The van der Waals surface area contributed by atoms with Crippen molar-refractivity contribution in [2.45, 2.75) is 26.0 Å². The largest absolute Gasteiger partial charge is 0.399 e. The molecule has 8 nitrogen and oxygen atoms in total. The van der Waals surface area contributed by atoms with E-state index in [1.54, 1.807) is 0 Å². The molecule has 3 aromatic rings. The van der Waals surface area contributed by atoms with Crippen LogP contribution in [0.2, 0.25) is 0 Å². The van der Waals surface area contributed by atoms with E-state index in [-0.39, 0.29) is 0 Å². The van der Waals surface area contributed by atoms with E-state index in [1.807, 2.05) is 38.1 Å². The molecule has 0 radical (unpaired) electrons. The third kappa shape index (κ3) is 2.80. The summed E-state index contributed by atoms with van der Waals surface area (Å²) in [5.74, 6) is 2.44. The maximum Gasteiger partial charge on any atom is 0.166 e. The number of nitrogen functional groups attached to an aromatic ring is 1. The summed E-state index contributed by atoms with van der Waals surface area (Å²) in [6, 6.07) is 7.67. The van der Waals surface area contributed by atoms with E-state index in [4.69, 9.17) is 30.2 Å². The van der Waals surface area contributed by atoms with Crippen LogP contribution in [0.15, 0.2) is 24.3 Å². The molecule has 0 unspecified atom stereocenters. The Morgan fingerprint density at radius 2 is 1.71 bits per heavy atom. The smallest absolute Gasteiger partial charge is 0.166 e. The number of nitrogens with zero attached hydrogens (tertiary/aromatic N) is 5. The first-order chi connectivity index (χ1) is 13.5. The fourth-order valence-corrected chi connectivity index (χ4v) is 3.87. The lowest BCUT2D eigenvalue weighted by atomic mass is 10.1. The van der Waals surface area contributed by atoms with Crippen molar-refractivity contribution in [2.75, 3.05) is 43.5 Å². The Hall–Kier alpha value is -2.71. The van der Waals surface area contributed by atoms with Gasteiger partial charge in [0.05, 0.1) is 19.8 Å². The summed E-state index contributed by atoms with van der Waals surface area (Å²) in [6.45, 7) is 8.41. The second kappa shape index (κ2) is 6.42. The summed E-state index contributed by atoms with van der Waals surface area (Å²) < 4.78 is 13.7. The third-order valence-corrected chi connectivity index (χ3v) is 5.37. The molecule has 0 aliphatic carbocycles. The molecular formula is C20H24N6O2. The van der Waals surface area contributed by atoms with Crippen molar-refractivity contribution in [2.24, 2.45) is 0 Å². The second-order valence-electron chi connectivity index (χ2n) is 7.71. The molecule has 2 N–H and O–H groups in total. The first-order valence-corrected chi connectivity index (χ1v) is 9.64. The van der Waals surface area contributed by atoms with Crippen LogP contribution >= 0.6 is 0 Å². The highest BCUT2D eigenvalue weighted by molar-refractivity contribution is 5.86. The first kappa shape index (κ1) is 17.4. The summed E-state index contributed by atoms with van der Waals surface area (Å²) in [6.07, 6.45) is 0. The molecule has 2 aliphatic rings. The SMILES string of the molecule is CC1(C)OCCn2c1nc1c(N3CCOCC3)nc(-c3ccc(N)cc3)nc12. The summed E-state index contributed by atoms with van der Waals surface area (Å²) in [4.78, 5) is 17.0. The van der Waals surface area contributed by atoms with Crippen molar-refractivity contribution in [3.05, 3.63) is 30.1 Å². The number of aromatic nitrogens is 4. The van der Waals surface area contributed by atoms with Gasteiger partial charge in [-0.2, -0.15) is 0 Å². The van der Waals surface area contributed by atoms with E-state index in [0.29, 0.717) is 25.6 Å². The van der Waals surface area contributed by atoms with Crippen LogP contribution in [-0.4, -0.2) is 52.4 Å². The highest BCUT2D eigenvalue weighted by atomic mass is 16.5. The standard InChI is InChI=1S/C20H24N6O2/c1-20(2)19-22-15-17(25-7-10-27-11-8-25)23-16(13-3-5-14(21)6-4-13)24-18(15)26(19)9-12-28-20/h3-6H,7-12,21H2,1-2H3. The van der Waals surface area contributed by atoms with Crippen molar-refractivity contribution < 1.29 is 9.47 Å². The Kier molecular flexibility index (Phi) is 3.99. The van der Waals surface area contributed by atoms with Crippen LogP contribution in [-0.2, 0) is 21.6 Å². The van der Waals surface area contributed by atoms with Crippen LogP contribution in [0.4, 0.5) is 11.5 Å². The molecule has 8 heteroatoms. The molecular weight excluding hydrogens is 356 g/mol. The highest BCUT2D eigenvalue weighted by Gasteiger charge is 2.34. The van der Waals surface area contributed by atoms with E-state index in [2.05, 4.69) is 9.47 Å². The van der Waals surface area contributed by atoms with Crippen LogP contribution in [0.1, 0.15) is 19.7 Å². The number of benzene rings is 1. The Morgan fingerprint density at radius 1 is 0.964 bits per heavy atom. The number of hydrogen-bond acceptors (Lipinski definition) is 7. The van der Waals surface area contributed by atoms with Crippen molar-refractivity contribution in [3.63, 3.8) is 0 Å². The van der Waals surface area contributed by atoms with Gasteiger partial charge in [-0.25, -0.2) is 15.0 Å². The third-order valence-electron chi connectivity index (χ3n) is 5.37. The van der Waals surface area contributed by atoms with Crippen LogP contribution < -0.4 is 10.6 Å². The van der Waals surface area contributed by atoms with Crippen LogP contribution in [0, 0.1) is 0 Å². The number of ether oxygens (including phenoxy) is 2. The number of imidazole rings is 1. The minimum absolute atomic E-state index is 0.456. The van der Waals surface area contributed by atoms with Gasteiger partial charge in [-0.05, 0) is 38.1 Å². The topological polar surface area (TPSA) is 91.3 Å². The fraction of sp³-hybridized carbons (Fsp3) is 0.450. The zero-order valence-electron chi connectivity index (χ0n) is 16.2. The molecule has 5 rings (SSSR count). The van der Waals surface area contributed by atoms with Gasteiger partial charge in [0.1, 0.15) is 11.4 Å². The number of morpholine rings is 1. The molecule has 146 valence electrons. The minimum Gasteiger partial charge on any atom is -0.399 e. The Morgan fingerprint density at radius 3 is 2.46 bits per heavy atom. The van der Waals surface area contributed by atoms with Gasteiger partial charge in [-0.1, -0.05) is 0 Å². The zero-order valence-corrected chi connectivity index (χ0v) is 16.2. The lowest BCUT2D eigenvalue weighted by molar-refractivity contribution is -0.0530. The summed E-state index contributed by atoms with van der Waals surface area (Å²) in [5.41, 5.74) is 8.74. The molecule has 28 heavy (non-hydrogen) atoms. The van der Waals surface area contributed by atoms with Gasteiger partial charge < -0.3 is 24.7 Å². The Bertz CT molecular complexity index is 1020. The van der Waals surface area contributed by atoms with Crippen LogP contribution in [0.3, 0.4) is 0 Å². The highest BCUT2D eigenvalue weighted by Crippen LogP contribution is 2.35.